The maximum atomic E-state index is 10.6. The molecule has 0 spiro atoms. The second kappa shape index (κ2) is 5.28. The number of rotatable bonds is 3. The van der Waals surface area contributed by atoms with Crippen molar-refractivity contribution in [1.82, 2.24) is 5.32 Å². The molecule has 0 heterocycles. The molecule has 0 unspecified atom stereocenters. The predicted molar refractivity (Wildman–Crippen MR) is 64.0 cm³/mol. The van der Waals surface area contributed by atoms with Crippen LogP contribution in [0.5, 0.6) is 5.75 Å². The van der Waals surface area contributed by atoms with Crippen molar-refractivity contribution < 1.29 is 9.53 Å². The third-order valence-electron chi connectivity index (χ3n) is 1.99. The van der Waals surface area contributed by atoms with Gasteiger partial charge in [0.1, 0.15) is 5.75 Å². The summed E-state index contributed by atoms with van der Waals surface area (Å²) in [7, 11) is 1.58. The summed E-state index contributed by atoms with van der Waals surface area (Å²) in [4.78, 5) is 10.6. The van der Waals surface area contributed by atoms with Gasteiger partial charge in [0.25, 0.3) is 5.24 Å². The first-order valence-electron chi connectivity index (χ1n) is 4.34. The van der Waals surface area contributed by atoms with Crippen LogP contribution in [0.25, 0.3) is 0 Å². The van der Waals surface area contributed by atoms with Gasteiger partial charge in [0.2, 0.25) is 0 Å². The number of carbonyl (C=O) groups is 1. The molecule has 0 saturated heterocycles. The van der Waals surface area contributed by atoms with Crippen LogP contribution in [-0.2, 0) is 6.54 Å². The SMILES string of the molecule is COc1cc(C)c(Cl)cc1CNC(=O)S. The molecule has 0 aliphatic heterocycles. The van der Waals surface area contributed by atoms with Gasteiger partial charge in [-0.1, -0.05) is 24.2 Å². The summed E-state index contributed by atoms with van der Waals surface area (Å²) in [6.07, 6.45) is 0. The fourth-order valence-electron chi connectivity index (χ4n) is 1.20. The average Bonchev–Trinajstić information content (AvgIpc) is 2.19. The molecule has 1 amide bonds. The van der Waals surface area contributed by atoms with E-state index in [9.17, 15) is 4.79 Å². The van der Waals surface area contributed by atoms with Crippen molar-refractivity contribution in [2.75, 3.05) is 7.11 Å². The van der Waals surface area contributed by atoms with Crippen molar-refractivity contribution in [2.24, 2.45) is 0 Å². The smallest absolute Gasteiger partial charge is 0.276 e. The molecule has 0 radical (unpaired) electrons. The Bertz CT molecular complexity index is 382. The Labute approximate surface area is 99.2 Å². The molecule has 0 aliphatic carbocycles. The Kier molecular flexibility index (Phi) is 4.29. The minimum atomic E-state index is -0.381. The molecule has 0 aliphatic rings. The van der Waals surface area contributed by atoms with Crippen LogP contribution in [0, 0.1) is 6.92 Å². The second-order valence-corrected chi connectivity index (χ2v) is 3.89. The molecule has 0 bridgehead atoms. The molecule has 1 aromatic rings. The van der Waals surface area contributed by atoms with Crippen molar-refractivity contribution in [1.29, 1.82) is 0 Å². The summed E-state index contributed by atoms with van der Waals surface area (Å²) in [6.45, 7) is 2.25. The topological polar surface area (TPSA) is 38.3 Å². The van der Waals surface area contributed by atoms with Gasteiger partial charge in [0, 0.05) is 17.1 Å². The fourth-order valence-corrected chi connectivity index (χ4v) is 1.46. The van der Waals surface area contributed by atoms with Gasteiger partial charge in [-0.3, -0.25) is 4.79 Å². The van der Waals surface area contributed by atoms with Gasteiger partial charge in [0.05, 0.1) is 7.11 Å². The van der Waals surface area contributed by atoms with Crippen LogP contribution in [0.15, 0.2) is 12.1 Å². The lowest BCUT2D eigenvalue weighted by Gasteiger charge is -2.10. The molecule has 1 N–H and O–H groups in total. The van der Waals surface area contributed by atoms with E-state index in [1.807, 2.05) is 13.0 Å². The van der Waals surface area contributed by atoms with Crippen molar-refractivity contribution in [2.45, 2.75) is 13.5 Å². The highest BCUT2D eigenvalue weighted by Gasteiger charge is 2.07. The van der Waals surface area contributed by atoms with Crippen LogP contribution in [0.1, 0.15) is 11.1 Å². The third-order valence-corrected chi connectivity index (χ3v) is 2.56. The van der Waals surface area contributed by atoms with Gasteiger partial charge >= 0.3 is 0 Å². The van der Waals surface area contributed by atoms with E-state index < -0.39 is 0 Å². The Balaban J connectivity index is 2.94. The van der Waals surface area contributed by atoms with Crippen LogP contribution in [0.4, 0.5) is 4.79 Å². The summed E-state index contributed by atoms with van der Waals surface area (Å²) in [5.74, 6) is 0.707. The zero-order valence-electron chi connectivity index (χ0n) is 8.50. The number of thiol groups is 1. The summed E-state index contributed by atoms with van der Waals surface area (Å²) < 4.78 is 5.18. The Hall–Kier alpha value is -0.870. The van der Waals surface area contributed by atoms with Gasteiger partial charge in [-0.05, 0) is 24.6 Å². The second-order valence-electron chi connectivity index (χ2n) is 3.07. The van der Waals surface area contributed by atoms with Crippen LogP contribution >= 0.6 is 24.2 Å². The summed E-state index contributed by atoms with van der Waals surface area (Å²) >= 11 is 9.58. The van der Waals surface area contributed by atoms with E-state index in [2.05, 4.69) is 17.9 Å². The highest BCUT2D eigenvalue weighted by molar-refractivity contribution is 7.96. The van der Waals surface area contributed by atoms with E-state index in [4.69, 9.17) is 16.3 Å². The van der Waals surface area contributed by atoms with E-state index in [0.29, 0.717) is 17.3 Å². The molecule has 82 valence electrons. The highest BCUT2D eigenvalue weighted by Crippen LogP contribution is 2.26. The zero-order chi connectivity index (χ0) is 11.4. The largest absolute Gasteiger partial charge is 0.496 e. The number of hydrogen-bond donors (Lipinski definition) is 2. The number of amides is 1. The van der Waals surface area contributed by atoms with Gasteiger partial charge in [0.15, 0.2) is 0 Å². The molecular weight excluding hydrogens is 234 g/mol. The molecule has 1 aromatic carbocycles. The zero-order valence-corrected chi connectivity index (χ0v) is 10.2. The predicted octanol–water partition coefficient (Wildman–Crippen LogP) is 2.80. The molecule has 1 rings (SSSR count). The number of nitrogens with one attached hydrogen (secondary N) is 1. The van der Waals surface area contributed by atoms with E-state index in [0.717, 1.165) is 11.1 Å². The quantitative estimate of drug-likeness (QED) is 0.804. The Morgan fingerprint density at radius 1 is 1.60 bits per heavy atom. The van der Waals surface area contributed by atoms with E-state index >= 15 is 0 Å². The van der Waals surface area contributed by atoms with Crippen molar-refractivity contribution in [3.63, 3.8) is 0 Å². The molecule has 0 aromatic heterocycles. The number of halogens is 1. The summed E-state index contributed by atoms with van der Waals surface area (Å²) in [6, 6.07) is 3.61. The van der Waals surface area contributed by atoms with E-state index in [1.165, 1.54) is 0 Å². The van der Waals surface area contributed by atoms with Gasteiger partial charge < -0.3 is 10.1 Å². The summed E-state index contributed by atoms with van der Waals surface area (Å²) in [5, 5.41) is 2.84. The molecular formula is C10H12ClNO2S. The number of ether oxygens (including phenoxy) is 1. The molecule has 5 heteroatoms. The lowest BCUT2D eigenvalue weighted by molar-refractivity contribution is 0.260. The maximum Gasteiger partial charge on any atom is 0.276 e. The average molecular weight is 246 g/mol. The summed E-state index contributed by atoms with van der Waals surface area (Å²) in [5.41, 5.74) is 1.77. The molecule has 3 nitrogen and oxygen atoms in total. The van der Waals surface area contributed by atoms with E-state index in [-0.39, 0.29) is 5.24 Å². The normalized spacial score (nSPS) is 9.87. The molecule has 15 heavy (non-hydrogen) atoms. The van der Waals surface area contributed by atoms with Gasteiger partial charge in [-0.2, -0.15) is 0 Å². The van der Waals surface area contributed by atoms with Crippen molar-refractivity contribution in [3.8, 4) is 5.75 Å². The first-order valence-corrected chi connectivity index (χ1v) is 5.17. The minimum Gasteiger partial charge on any atom is -0.496 e. The highest BCUT2D eigenvalue weighted by atomic mass is 35.5. The number of methoxy groups -OCH3 is 1. The number of benzene rings is 1. The van der Waals surface area contributed by atoms with Crippen LogP contribution in [-0.4, -0.2) is 12.3 Å². The van der Waals surface area contributed by atoms with Crippen LogP contribution < -0.4 is 10.1 Å². The van der Waals surface area contributed by atoms with Gasteiger partial charge in [-0.15, -0.1) is 0 Å². The fraction of sp³-hybridized carbons (Fsp3) is 0.300. The van der Waals surface area contributed by atoms with Crippen LogP contribution in [0.3, 0.4) is 0 Å². The lowest BCUT2D eigenvalue weighted by Crippen LogP contribution is -2.16. The van der Waals surface area contributed by atoms with Gasteiger partial charge in [-0.25, -0.2) is 0 Å². The van der Waals surface area contributed by atoms with Crippen molar-refractivity contribution >= 4 is 29.5 Å². The number of hydrogen-bond acceptors (Lipinski definition) is 2. The van der Waals surface area contributed by atoms with Crippen LogP contribution in [0.2, 0.25) is 5.02 Å². The molecule has 0 saturated carbocycles. The maximum absolute atomic E-state index is 10.6. The Morgan fingerprint density at radius 3 is 2.80 bits per heavy atom. The molecule has 0 fully saturated rings. The first-order chi connectivity index (χ1) is 7.04. The third kappa shape index (κ3) is 3.32. The Morgan fingerprint density at radius 2 is 2.27 bits per heavy atom. The standard InChI is InChI=1S/C10H12ClNO2S/c1-6-3-9(14-2)7(4-8(6)11)5-12-10(13)15/h3-4H,5H2,1-2H3,(H2,12,13,15). The van der Waals surface area contributed by atoms with E-state index in [1.54, 1.807) is 13.2 Å². The minimum absolute atomic E-state index is 0.353. The lowest BCUT2D eigenvalue weighted by atomic mass is 10.1. The molecule has 0 atom stereocenters. The monoisotopic (exact) mass is 245 g/mol. The first kappa shape index (κ1) is 12.2. The van der Waals surface area contributed by atoms with Crippen molar-refractivity contribution in [3.05, 3.63) is 28.3 Å². The number of aryl methyl sites for hydroxylation is 1. The number of carbonyl (C=O) groups excluding carboxylic acids is 1.